The maximum absolute atomic E-state index is 5.43. The molecular weight excluding hydrogens is 124 g/mol. The summed E-state index contributed by atoms with van der Waals surface area (Å²) < 4.78 is 0. The van der Waals surface area contributed by atoms with Crippen molar-refractivity contribution in [2.24, 2.45) is 0 Å². The summed E-state index contributed by atoms with van der Waals surface area (Å²) in [5.74, 6) is 0. The second-order valence-electron chi connectivity index (χ2n) is 1.39. The third kappa shape index (κ3) is 1.17. The molecule has 3 heteroatoms. The molecule has 1 heterocycles. The molecule has 0 saturated heterocycles. The summed E-state index contributed by atoms with van der Waals surface area (Å²) in [5, 5.41) is 7.44. The van der Waals surface area contributed by atoms with Crippen LogP contribution in [0.4, 0.5) is 0 Å². The van der Waals surface area contributed by atoms with Crippen LogP contribution in [0, 0.1) is 6.92 Å². The Bertz CT molecular complexity index is 170. The lowest BCUT2D eigenvalue weighted by Crippen LogP contribution is -1.80. The fourth-order valence-corrected chi connectivity index (χ4v) is 0.561. The van der Waals surface area contributed by atoms with Crippen molar-refractivity contribution in [2.75, 3.05) is 0 Å². The van der Waals surface area contributed by atoms with Crippen molar-refractivity contribution in [2.45, 2.75) is 0 Å². The number of rotatable bonds is 0. The van der Waals surface area contributed by atoms with E-state index in [1.54, 1.807) is 12.3 Å². The lowest BCUT2D eigenvalue weighted by molar-refractivity contribution is 1.02. The predicted molar refractivity (Wildman–Crippen MR) is 31.5 cm³/mol. The number of aromatic nitrogens is 2. The van der Waals surface area contributed by atoms with Crippen LogP contribution in [-0.4, -0.2) is 10.2 Å². The first-order valence-corrected chi connectivity index (χ1v) is 2.47. The zero-order chi connectivity index (χ0) is 5.98. The smallest absolute Gasteiger partial charge is 0.151 e. The van der Waals surface area contributed by atoms with Gasteiger partial charge in [0.15, 0.2) is 5.15 Å². The second kappa shape index (κ2) is 2.09. The normalized spacial score (nSPS) is 9.25. The Balaban J connectivity index is 3.08. The van der Waals surface area contributed by atoms with E-state index < -0.39 is 0 Å². The van der Waals surface area contributed by atoms with Crippen molar-refractivity contribution in [1.82, 2.24) is 10.2 Å². The summed E-state index contributed by atoms with van der Waals surface area (Å²) in [6, 6.07) is 1.65. The van der Waals surface area contributed by atoms with Crippen LogP contribution in [0.2, 0.25) is 5.15 Å². The lowest BCUT2D eigenvalue weighted by atomic mass is 10.4. The summed E-state index contributed by atoms with van der Waals surface area (Å²) >= 11 is 5.43. The Hall–Kier alpha value is -0.630. The molecule has 0 fully saturated rings. The molecule has 0 aliphatic heterocycles. The molecule has 0 amide bonds. The Kier molecular flexibility index (Phi) is 1.44. The highest BCUT2D eigenvalue weighted by Gasteiger charge is 1.86. The molecule has 1 rings (SSSR count). The van der Waals surface area contributed by atoms with E-state index in [0.717, 1.165) is 5.56 Å². The van der Waals surface area contributed by atoms with E-state index in [1.807, 2.05) is 0 Å². The van der Waals surface area contributed by atoms with Crippen molar-refractivity contribution in [1.29, 1.82) is 0 Å². The van der Waals surface area contributed by atoms with Crippen LogP contribution in [0.5, 0.6) is 0 Å². The standard InChI is InChI=1S/C5H4ClN2/c1-4-2-5(6)8-7-3-4/h2-3H,1H2. The molecule has 2 nitrogen and oxygen atoms in total. The Morgan fingerprint density at radius 1 is 1.62 bits per heavy atom. The van der Waals surface area contributed by atoms with Crippen LogP contribution in [-0.2, 0) is 0 Å². The average molecular weight is 128 g/mol. The van der Waals surface area contributed by atoms with Crippen molar-refractivity contribution < 1.29 is 0 Å². The molecule has 0 N–H and O–H groups in total. The highest BCUT2D eigenvalue weighted by Crippen LogP contribution is 2.02. The summed E-state index contributed by atoms with van der Waals surface area (Å²) in [6.45, 7) is 3.59. The number of halogens is 1. The first-order valence-electron chi connectivity index (χ1n) is 2.09. The molecule has 0 bridgehead atoms. The van der Waals surface area contributed by atoms with Crippen LogP contribution < -0.4 is 0 Å². The van der Waals surface area contributed by atoms with E-state index in [1.165, 1.54) is 0 Å². The third-order valence-corrected chi connectivity index (χ3v) is 0.866. The minimum atomic E-state index is 0.387. The van der Waals surface area contributed by atoms with Gasteiger partial charge in [-0.05, 0) is 18.6 Å². The summed E-state index contributed by atoms with van der Waals surface area (Å²) in [6.07, 6.45) is 1.55. The number of hydrogen-bond acceptors (Lipinski definition) is 2. The van der Waals surface area contributed by atoms with Crippen molar-refractivity contribution >= 4 is 11.6 Å². The minimum absolute atomic E-state index is 0.387. The van der Waals surface area contributed by atoms with Crippen molar-refractivity contribution in [3.8, 4) is 0 Å². The molecule has 0 spiro atoms. The van der Waals surface area contributed by atoms with Crippen molar-refractivity contribution in [3.63, 3.8) is 0 Å². The SMILES string of the molecule is [CH2]c1cnnc(Cl)c1. The molecule has 0 saturated carbocycles. The molecule has 1 aromatic heterocycles. The van der Waals surface area contributed by atoms with Gasteiger partial charge >= 0.3 is 0 Å². The molecule has 0 aromatic carbocycles. The van der Waals surface area contributed by atoms with Gasteiger partial charge in [-0.3, -0.25) is 0 Å². The highest BCUT2D eigenvalue weighted by atomic mass is 35.5. The molecule has 1 radical (unpaired) electrons. The second-order valence-corrected chi connectivity index (χ2v) is 1.77. The summed E-state index contributed by atoms with van der Waals surface area (Å²) in [7, 11) is 0. The van der Waals surface area contributed by atoms with Gasteiger partial charge in [0.2, 0.25) is 0 Å². The third-order valence-electron chi connectivity index (χ3n) is 0.681. The van der Waals surface area contributed by atoms with Crippen LogP contribution in [0.3, 0.4) is 0 Å². The van der Waals surface area contributed by atoms with Gasteiger partial charge in [-0.25, -0.2) is 0 Å². The van der Waals surface area contributed by atoms with E-state index in [0.29, 0.717) is 5.15 Å². The van der Waals surface area contributed by atoms with Gasteiger partial charge in [0.1, 0.15) is 0 Å². The van der Waals surface area contributed by atoms with E-state index in [9.17, 15) is 0 Å². The molecule has 8 heavy (non-hydrogen) atoms. The van der Waals surface area contributed by atoms with Gasteiger partial charge in [-0.1, -0.05) is 11.6 Å². The van der Waals surface area contributed by atoms with E-state index in [4.69, 9.17) is 11.6 Å². The van der Waals surface area contributed by atoms with Gasteiger partial charge in [0, 0.05) is 0 Å². The molecule has 1 aromatic rings. The highest BCUT2D eigenvalue weighted by molar-refractivity contribution is 6.29. The topological polar surface area (TPSA) is 25.8 Å². The van der Waals surface area contributed by atoms with E-state index in [-0.39, 0.29) is 0 Å². The van der Waals surface area contributed by atoms with E-state index in [2.05, 4.69) is 17.1 Å². The van der Waals surface area contributed by atoms with Gasteiger partial charge in [0.05, 0.1) is 6.20 Å². The zero-order valence-electron chi connectivity index (χ0n) is 4.13. The van der Waals surface area contributed by atoms with Gasteiger partial charge in [-0.2, -0.15) is 5.10 Å². The first kappa shape index (κ1) is 5.51. The number of nitrogens with zero attached hydrogens (tertiary/aromatic N) is 2. The first-order chi connectivity index (χ1) is 3.79. The molecule has 0 aliphatic carbocycles. The zero-order valence-corrected chi connectivity index (χ0v) is 4.89. The molecule has 0 unspecified atom stereocenters. The Morgan fingerprint density at radius 3 is 2.75 bits per heavy atom. The average Bonchev–Trinajstić information content (AvgIpc) is 1.64. The summed E-state index contributed by atoms with van der Waals surface area (Å²) in [4.78, 5) is 0. The van der Waals surface area contributed by atoms with Crippen LogP contribution in [0.1, 0.15) is 5.56 Å². The predicted octanol–water partition coefficient (Wildman–Crippen LogP) is 1.31. The largest absolute Gasteiger partial charge is 0.157 e. The molecular formula is C5H4ClN2. The van der Waals surface area contributed by atoms with Crippen LogP contribution in [0.15, 0.2) is 12.3 Å². The van der Waals surface area contributed by atoms with Crippen LogP contribution >= 0.6 is 11.6 Å². The molecule has 0 aliphatic rings. The van der Waals surface area contributed by atoms with Gasteiger partial charge < -0.3 is 0 Å². The monoisotopic (exact) mass is 127 g/mol. The van der Waals surface area contributed by atoms with E-state index >= 15 is 0 Å². The fraction of sp³-hybridized carbons (Fsp3) is 0. The van der Waals surface area contributed by atoms with Crippen molar-refractivity contribution in [3.05, 3.63) is 29.9 Å². The maximum atomic E-state index is 5.43. The Morgan fingerprint density at radius 2 is 2.38 bits per heavy atom. The number of hydrogen-bond donors (Lipinski definition) is 0. The van der Waals surface area contributed by atoms with Gasteiger partial charge in [0.25, 0.3) is 0 Å². The van der Waals surface area contributed by atoms with Gasteiger partial charge in [-0.15, -0.1) is 5.10 Å². The molecule has 0 atom stereocenters. The quantitative estimate of drug-likeness (QED) is 0.525. The summed E-state index contributed by atoms with van der Waals surface area (Å²) in [5.41, 5.74) is 0.782. The fourth-order valence-electron chi connectivity index (χ4n) is 0.377. The lowest BCUT2D eigenvalue weighted by Gasteiger charge is -1.86. The van der Waals surface area contributed by atoms with Crippen LogP contribution in [0.25, 0.3) is 0 Å². The Labute approximate surface area is 52.5 Å². The maximum Gasteiger partial charge on any atom is 0.151 e. The molecule has 41 valence electrons. The minimum Gasteiger partial charge on any atom is -0.157 e.